The number of carbonyl (C=O) groups is 1. The Balaban J connectivity index is 1.65. The minimum atomic E-state index is -0.853. The largest absolute Gasteiger partial charge is 0.368 e. The Morgan fingerprint density at radius 3 is 2.37 bits per heavy atom. The van der Waals surface area contributed by atoms with E-state index < -0.39 is 11.6 Å². The molecule has 1 heterocycles. The summed E-state index contributed by atoms with van der Waals surface area (Å²) >= 11 is 0. The summed E-state index contributed by atoms with van der Waals surface area (Å²) in [5, 5.41) is 3.06. The third-order valence-corrected chi connectivity index (χ3v) is 4.99. The molecule has 27 heavy (non-hydrogen) atoms. The maximum Gasteiger partial charge on any atom is 0.321 e. The molecule has 3 rings (SSSR count). The Hall–Kier alpha value is -2.63. The van der Waals surface area contributed by atoms with E-state index in [-0.39, 0.29) is 6.03 Å². The molecule has 0 atom stereocenters. The van der Waals surface area contributed by atoms with Crippen molar-refractivity contribution in [3.8, 4) is 0 Å². The minimum absolute atomic E-state index is 0.129. The Kier molecular flexibility index (Phi) is 5.63. The molecule has 0 unspecified atom stereocenters. The molecule has 144 valence electrons. The first-order valence-corrected chi connectivity index (χ1v) is 9.22. The van der Waals surface area contributed by atoms with Gasteiger partial charge >= 0.3 is 6.03 Å². The molecular weight excluding hydrogens is 348 g/mol. The van der Waals surface area contributed by atoms with Crippen molar-refractivity contribution in [2.45, 2.75) is 26.7 Å². The number of para-hydroxylation sites is 1. The van der Waals surface area contributed by atoms with Crippen molar-refractivity contribution in [1.29, 1.82) is 0 Å². The summed E-state index contributed by atoms with van der Waals surface area (Å²) in [4.78, 5) is 16.4. The average molecular weight is 373 g/mol. The number of halogens is 2. The highest BCUT2D eigenvalue weighted by molar-refractivity contribution is 5.91. The van der Waals surface area contributed by atoms with E-state index in [0.29, 0.717) is 37.8 Å². The molecule has 6 heteroatoms. The number of urea groups is 1. The predicted octanol–water partition coefficient (Wildman–Crippen LogP) is 4.75. The number of nitrogens with one attached hydrogen (secondary N) is 1. The van der Waals surface area contributed by atoms with Gasteiger partial charge in [-0.1, -0.05) is 32.0 Å². The number of benzene rings is 2. The van der Waals surface area contributed by atoms with E-state index in [9.17, 15) is 13.6 Å². The van der Waals surface area contributed by atoms with Gasteiger partial charge in [-0.05, 0) is 36.1 Å². The highest BCUT2D eigenvalue weighted by Gasteiger charge is 2.23. The maximum atomic E-state index is 13.4. The van der Waals surface area contributed by atoms with E-state index in [2.05, 4.69) is 19.2 Å². The second kappa shape index (κ2) is 7.94. The number of hydrogen-bond donors (Lipinski definition) is 1. The second-order valence-electron chi connectivity index (χ2n) is 7.20. The van der Waals surface area contributed by atoms with Crippen LogP contribution in [-0.2, 0) is 0 Å². The third-order valence-electron chi connectivity index (χ3n) is 4.99. The van der Waals surface area contributed by atoms with Crippen molar-refractivity contribution < 1.29 is 13.6 Å². The van der Waals surface area contributed by atoms with Gasteiger partial charge in [0.05, 0.1) is 0 Å². The zero-order valence-electron chi connectivity index (χ0n) is 15.9. The van der Waals surface area contributed by atoms with Crippen LogP contribution in [0.3, 0.4) is 0 Å². The van der Waals surface area contributed by atoms with Gasteiger partial charge in [-0.3, -0.25) is 0 Å². The molecule has 0 saturated carbocycles. The topological polar surface area (TPSA) is 35.6 Å². The van der Waals surface area contributed by atoms with Gasteiger partial charge in [0.25, 0.3) is 0 Å². The lowest BCUT2D eigenvalue weighted by Crippen LogP contribution is -2.50. The standard InChI is InChI=1S/C21H25F2N3O/c1-14(2)17-6-4-5-15(3)20(17)24-21(27)26-11-9-25(10-12-26)16-7-8-18(22)19(23)13-16/h4-8,13-14H,9-12H2,1-3H3,(H,24,27). The summed E-state index contributed by atoms with van der Waals surface area (Å²) < 4.78 is 26.6. The lowest BCUT2D eigenvalue weighted by atomic mass is 9.98. The van der Waals surface area contributed by atoms with Crippen LogP contribution in [-0.4, -0.2) is 37.1 Å². The van der Waals surface area contributed by atoms with Gasteiger partial charge < -0.3 is 15.1 Å². The van der Waals surface area contributed by atoms with Gasteiger partial charge in [0.15, 0.2) is 11.6 Å². The molecule has 4 nitrogen and oxygen atoms in total. The Morgan fingerprint density at radius 2 is 1.74 bits per heavy atom. The summed E-state index contributed by atoms with van der Waals surface area (Å²) in [5.74, 6) is -1.39. The van der Waals surface area contributed by atoms with E-state index in [1.807, 2.05) is 30.0 Å². The van der Waals surface area contributed by atoms with Crippen LogP contribution in [0.5, 0.6) is 0 Å². The van der Waals surface area contributed by atoms with Crippen LogP contribution in [0.4, 0.5) is 25.0 Å². The zero-order chi connectivity index (χ0) is 19.6. The van der Waals surface area contributed by atoms with Gasteiger partial charge in [0.2, 0.25) is 0 Å². The fraction of sp³-hybridized carbons (Fsp3) is 0.381. The Labute approximate surface area is 158 Å². The monoisotopic (exact) mass is 373 g/mol. The molecule has 2 aromatic rings. The summed E-state index contributed by atoms with van der Waals surface area (Å²) in [5.41, 5.74) is 3.66. The van der Waals surface area contributed by atoms with Gasteiger partial charge in [0, 0.05) is 43.6 Å². The third kappa shape index (κ3) is 4.21. The summed E-state index contributed by atoms with van der Waals surface area (Å²) in [6, 6.07) is 9.80. The first-order valence-electron chi connectivity index (χ1n) is 9.22. The average Bonchev–Trinajstić information content (AvgIpc) is 2.65. The molecule has 0 bridgehead atoms. The van der Waals surface area contributed by atoms with Gasteiger partial charge in [0.1, 0.15) is 0 Å². The summed E-state index contributed by atoms with van der Waals surface area (Å²) in [7, 11) is 0. The molecule has 1 aliphatic heterocycles. The van der Waals surface area contributed by atoms with Crippen LogP contribution >= 0.6 is 0 Å². The quantitative estimate of drug-likeness (QED) is 0.843. The second-order valence-corrected chi connectivity index (χ2v) is 7.20. The van der Waals surface area contributed by atoms with Crippen LogP contribution in [0.2, 0.25) is 0 Å². The molecule has 1 N–H and O–H groups in total. The normalized spacial score (nSPS) is 14.6. The first kappa shape index (κ1) is 19.1. The van der Waals surface area contributed by atoms with Crippen molar-refractivity contribution in [3.05, 3.63) is 59.2 Å². The van der Waals surface area contributed by atoms with Crippen molar-refractivity contribution in [2.24, 2.45) is 0 Å². The fourth-order valence-corrected chi connectivity index (χ4v) is 3.38. The molecule has 0 aliphatic carbocycles. The summed E-state index contributed by atoms with van der Waals surface area (Å²) in [6.07, 6.45) is 0. The molecule has 2 aromatic carbocycles. The Morgan fingerprint density at radius 1 is 1.04 bits per heavy atom. The van der Waals surface area contributed by atoms with E-state index in [0.717, 1.165) is 22.9 Å². The van der Waals surface area contributed by atoms with E-state index >= 15 is 0 Å². The van der Waals surface area contributed by atoms with E-state index in [1.165, 1.54) is 6.07 Å². The maximum absolute atomic E-state index is 13.4. The minimum Gasteiger partial charge on any atom is -0.368 e. The predicted molar refractivity (Wildman–Crippen MR) is 104 cm³/mol. The Bertz CT molecular complexity index is 830. The highest BCUT2D eigenvalue weighted by Crippen LogP contribution is 2.28. The number of amides is 2. The highest BCUT2D eigenvalue weighted by atomic mass is 19.2. The van der Waals surface area contributed by atoms with Crippen LogP contribution in [0.25, 0.3) is 0 Å². The SMILES string of the molecule is Cc1cccc(C(C)C)c1NC(=O)N1CCN(c2ccc(F)c(F)c2)CC1. The van der Waals surface area contributed by atoms with Crippen LogP contribution in [0.15, 0.2) is 36.4 Å². The number of aryl methyl sites for hydroxylation is 1. The van der Waals surface area contributed by atoms with Crippen molar-refractivity contribution >= 4 is 17.4 Å². The smallest absolute Gasteiger partial charge is 0.321 e. The lowest BCUT2D eigenvalue weighted by Gasteiger charge is -2.36. The molecule has 1 aliphatic rings. The number of rotatable bonds is 3. The van der Waals surface area contributed by atoms with Gasteiger partial charge in [-0.25, -0.2) is 13.6 Å². The van der Waals surface area contributed by atoms with E-state index in [4.69, 9.17) is 0 Å². The van der Waals surface area contributed by atoms with E-state index in [1.54, 1.807) is 11.0 Å². The van der Waals surface area contributed by atoms with Gasteiger partial charge in [-0.15, -0.1) is 0 Å². The van der Waals surface area contributed by atoms with Crippen molar-refractivity contribution in [3.63, 3.8) is 0 Å². The number of piperazine rings is 1. The number of nitrogens with zero attached hydrogens (tertiary/aromatic N) is 2. The first-order chi connectivity index (χ1) is 12.9. The van der Waals surface area contributed by atoms with Crippen LogP contribution < -0.4 is 10.2 Å². The molecule has 1 saturated heterocycles. The van der Waals surface area contributed by atoms with Crippen LogP contribution in [0.1, 0.15) is 30.9 Å². The molecule has 0 spiro atoms. The fourth-order valence-electron chi connectivity index (χ4n) is 3.38. The van der Waals surface area contributed by atoms with Crippen LogP contribution in [0, 0.1) is 18.6 Å². The number of carbonyl (C=O) groups excluding carboxylic acids is 1. The van der Waals surface area contributed by atoms with Gasteiger partial charge in [-0.2, -0.15) is 0 Å². The molecule has 0 radical (unpaired) electrons. The zero-order valence-corrected chi connectivity index (χ0v) is 15.9. The number of anilines is 2. The lowest BCUT2D eigenvalue weighted by molar-refractivity contribution is 0.208. The molecule has 2 amide bonds. The molecule has 0 aromatic heterocycles. The summed E-state index contributed by atoms with van der Waals surface area (Å²) in [6.45, 7) is 8.38. The molecule has 1 fully saturated rings. The molecular formula is C21H25F2N3O. The number of hydrogen-bond acceptors (Lipinski definition) is 2. The van der Waals surface area contributed by atoms with Crippen molar-refractivity contribution in [1.82, 2.24) is 4.90 Å². The van der Waals surface area contributed by atoms with Crippen molar-refractivity contribution in [2.75, 3.05) is 36.4 Å².